The third kappa shape index (κ3) is 3.87. The third-order valence-corrected chi connectivity index (χ3v) is 4.27. The maximum Gasteiger partial charge on any atom is 0.471 e. The van der Waals surface area contributed by atoms with Gasteiger partial charge in [0.1, 0.15) is 0 Å². The molecule has 0 saturated heterocycles. The van der Waals surface area contributed by atoms with Crippen molar-refractivity contribution in [3.63, 3.8) is 0 Å². The van der Waals surface area contributed by atoms with E-state index in [1.807, 2.05) is 6.92 Å². The Hall–Kier alpha value is -2.82. The van der Waals surface area contributed by atoms with Crippen molar-refractivity contribution in [1.82, 2.24) is 15.0 Å². The molecule has 26 heavy (non-hydrogen) atoms. The lowest BCUT2D eigenvalue weighted by Gasteiger charge is -2.20. The van der Waals surface area contributed by atoms with Crippen molar-refractivity contribution in [2.75, 3.05) is 6.54 Å². The van der Waals surface area contributed by atoms with Crippen LogP contribution < -0.4 is 0 Å². The highest BCUT2D eigenvalue weighted by Gasteiger charge is 2.41. The van der Waals surface area contributed by atoms with Crippen LogP contribution in [0.4, 0.5) is 13.2 Å². The first kappa shape index (κ1) is 18.0. The number of carbonyl (C=O) groups is 1. The Balaban J connectivity index is 1.71. The predicted molar refractivity (Wildman–Crippen MR) is 86.3 cm³/mol. The summed E-state index contributed by atoms with van der Waals surface area (Å²) in [6, 6.07) is 6.56. The van der Waals surface area contributed by atoms with E-state index < -0.39 is 12.1 Å². The van der Waals surface area contributed by atoms with Gasteiger partial charge in [-0.15, -0.1) is 6.42 Å². The van der Waals surface area contributed by atoms with Crippen LogP contribution in [0.1, 0.15) is 24.8 Å². The Morgan fingerprint density at radius 3 is 2.54 bits per heavy atom. The van der Waals surface area contributed by atoms with Gasteiger partial charge in [-0.05, 0) is 17.9 Å². The van der Waals surface area contributed by atoms with Crippen molar-refractivity contribution < 1.29 is 22.5 Å². The molecule has 0 N–H and O–H groups in total. The first-order valence-electron chi connectivity index (χ1n) is 8.02. The Kier molecular flexibility index (Phi) is 4.72. The molecule has 1 heterocycles. The highest BCUT2D eigenvalue weighted by molar-refractivity contribution is 5.81. The van der Waals surface area contributed by atoms with Gasteiger partial charge < -0.3 is 9.42 Å². The van der Waals surface area contributed by atoms with Crippen LogP contribution in [0.25, 0.3) is 11.4 Å². The van der Waals surface area contributed by atoms with Gasteiger partial charge >= 0.3 is 12.1 Å². The summed E-state index contributed by atoms with van der Waals surface area (Å²) in [5, 5.41) is 3.34. The Bertz CT molecular complexity index is 837. The van der Waals surface area contributed by atoms with Gasteiger partial charge in [-0.25, -0.2) is 0 Å². The summed E-state index contributed by atoms with van der Waals surface area (Å²) < 4.78 is 41.8. The van der Waals surface area contributed by atoms with E-state index in [2.05, 4.69) is 20.6 Å². The summed E-state index contributed by atoms with van der Waals surface area (Å²) >= 11 is 0. The number of amides is 1. The van der Waals surface area contributed by atoms with Gasteiger partial charge in [0.05, 0.1) is 6.54 Å². The number of hydrogen-bond donors (Lipinski definition) is 0. The first-order chi connectivity index (χ1) is 12.3. The van der Waals surface area contributed by atoms with Crippen molar-refractivity contribution in [2.24, 2.45) is 11.8 Å². The molecule has 1 aromatic heterocycles. The standard InChI is InChI=1S/C18H16F3N3O2/c1-3-8-24(16(25)14-9-11(14)2)10-12-4-6-13(7-5-12)15-22-17(26-23-15)18(19,20)21/h1,4-7,11,14H,8-10H2,2H3. The highest BCUT2D eigenvalue weighted by Crippen LogP contribution is 2.39. The molecule has 1 fully saturated rings. The van der Waals surface area contributed by atoms with Gasteiger partial charge in [0, 0.05) is 18.0 Å². The average Bonchev–Trinajstić information content (AvgIpc) is 3.10. The molecule has 1 aromatic carbocycles. The fourth-order valence-corrected chi connectivity index (χ4v) is 2.66. The minimum atomic E-state index is -4.68. The van der Waals surface area contributed by atoms with E-state index in [0.29, 0.717) is 18.0 Å². The average molecular weight is 363 g/mol. The van der Waals surface area contributed by atoms with Crippen molar-refractivity contribution in [2.45, 2.75) is 26.1 Å². The molecular formula is C18H16F3N3O2. The summed E-state index contributed by atoms with van der Waals surface area (Å²) in [6.07, 6.45) is 1.54. The van der Waals surface area contributed by atoms with E-state index in [4.69, 9.17) is 6.42 Å². The number of terminal acetylenes is 1. The molecule has 8 heteroatoms. The fourth-order valence-electron chi connectivity index (χ4n) is 2.66. The normalized spacial score (nSPS) is 19.0. The summed E-state index contributed by atoms with van der Waals surface area (Å²) in [5.74, 6) is 1.40. The van der Waals surface area contributed by atoms with Crippen molar-refractivity contribution in [1.29, 1.82) is 0 Å². The minimum absolute atomic E-state index is 0.0303. The Labute approximate surface area is 148 Å². The smallest absolute Gasteiger partial charge is 0.329 e. The number of benzene rings is 1. The third-order valence-electron chi connectivity index (χ3n) is 4.27. The van der Waals surface area contributed by atoms with Crippen LogP contribution in [-0.2, 0) is 17.5 Å². The van der Waals surface area contributed by atoms with Crippen LogP contribution in [0.5, 0.6) is 0 Å². The molecule has 2 atom stereocenters. The van der Waals surface area contributed by atoms with Crippen LogP contribution >= 0.6 is 0 Å². The van der Waals surface area contributed by atoms with E-state index in [1.54, 1.807) is 29.2 Å². The quantitative estimate of drug-likeness (QED) is 0.765. The SMILES string of the molecule is C#CCN(Cc1ccc(-c2noc(C(F)(F)F)n2)cc1)C(=O)C1CC1C. The topological polar surface area (TPSA) is 59.2 Å². The summed E-state index contributed by atoms with van der Waals surface area (Å²) in [6.45, 7) is 2.57. The molecule has 0 bridgehead atoms. The lowest BCUT2D eigenvalue weighted by atomic mass is 10.1. The van der Waals surface area contributed by atoms with E-state index in [9.17, 15) is 18.0 Å². The zero-order valence-corrected chi connectivity index (χ0v) is 14.0. The number of aromatic nitrogens is 2. The first-order valence-corrected chi connectivity index (χ1v) is 8.02. The second-order valence-electron chi connectivity index (χ2n) is 6.34. The summed E-state index contributed by atoms with van der Waals surface area (Å²) in [4.78, 5) is 17.3. The van der Waals surface area contributed by atoms with E-state index in [0.717, 1.165) is 12.0 Å². The van der Waals surface area contributed by atoms with Gasteiger partial charge in [0.25, 0.3) is 0 Å². The van der Waals surface area contributed by atoms with Gasteiger partial charge in [0.15, 0.2) is 0 Å². The van der Waals surface area contributed by atoms with Crippen LogP contribution in [0.2, 0.25) is 0 Å². The molecule has 0 spiro atoms. The van der Waals surface area contributed by atoms with Crippen molar-refractivity contribution in [3.05, 3.63) is 35.7 Å². The maximum absolute atomic E-state index is 12.5. The number of rotatable bonds is 5. The molecule has 2 unspecified atom stereocenters. The van der Waals surface area contributed by atoms with Crippen molar-refractivity contribution in [3.8, 4) is 23.7 Å². The zero-order valence-electron chi connectivity index (χ0n) is 14.0. The van der Waals surface area contributed by atoms with Crippen molar-refractivity contribution >= 4 is 5.91 Å². The molecular weight excluding hydrogens is 347 g/mol. The lowest BCUT2D eigenvalue weighted by Crippen LogP contribution is -2.32. The van der Waals surface area contributed by atoms with Gasteiger partial charge in [-0.3, -0.25) is 4.79 Å². The van der Waals surface area contributed by atoms with Crippen LogP contribution in [-0.4, -0.2) is 27.5 Å². The molecule has 0 aliphatic heterocycles. The number of hydrogen-bond acceptors (Lipinski definition) is 4. The van der Waals surface area contributed by atoms with E-state index in [-0.39, 0.29) is 24.2 Å². The van der Waals surface area contributed by atoms with Gasteiger partial charge in [-0.1, -0.05) is 42.3 Å². The maximum atomic E-state index is 12.5. The lowest BCUT2D eigenvalue weighted by molar-refractivity contribution is -0.159. The largest absolute Gasteiger partial charge is 0.471 e. The highest BCUT2D eigenvalue weighted by atomic mass is 19.4. The molecule has 1 saturated carbocycles. The van der Waals surface area contributed by atoms with Crippen LogP contribution in [0, 0.1) is 24.2 Å². The minimum Gasteiger partial charge on any atom is -0.329 e. The number of halogens is 3. The van der Waals surface area contributed by atoms with Crippen LogP contribution in [0.3, 0.4) is 0 Å². The van der Waals surface area contributed by atoms with Crippen LogP contribution in [0.15, 0.2) is 28.8 Å². The second-order valence-corrected chi connectivity index (χ2v) is 6.34. The van der Waals surface area contributed by atoms with Gasteiger partial charge in [0.2, 0.25) is 11.7 Å². The summed E-state index contributed by atoms with van der Waals surface area (Å²) in [5.41, 5.74) is 1.20. The number of nitrogens with zero attached hydrogens (tertiary/aromatic N) is 3. The molecule has 3 rings (SSSR count). The van der Waals surface area contributed by atoms with E-state index >= 15 is 0 Å². The molecule has 0 radical (unpaired) electrons. The Morgan fingerprint density at radius 2 is 2.04 bits per heavy atom. The Morgan fingerprint density at radius 1 is 1.38 bits per heavy atom. The molecule has 1 amide bonds. The molecule has 5 nitrogen and oxygen atoms in total. The second kappa shape index (κ2) is 6.83. The fraction of sp³-hybridized carbons (Fsp3) is 0.389. The molecule has 2 aromatic rings. The molecule has 1 aliphatic rings. The summed E-state index contributed by atoms with van der Waals surface area (Å²) in [7, 11) is 0. The monoisotopic (exact) mass is 363 g/mol. The van der Waals surface area contributed by atoms with E-state index in [1.165, 1.54) is 0 Å². The molecule has 1 aliphatic carbocycles. The number of carbonyl (C=O) groups excluding carboxylic acids is 1. The predicted octanol–water partition coefficient (Wildman–Crippen LogP) is 3.37. The number of alkyl halides is 3. The zero-order chi connectivity index (χ0) is 18.9. The molecule has 136 valence electrons. The van der Waals surface area contributed by atoms with Gasteiger partial charge in [-0.2, -0.15) is 18.2 Å².